The number of pyridine rings is 1. The van der Waals surface area contributed by atoms with Gasteiger partial charge in [0.1, 0.15) is 0 Å². The summed E-state index contributed by atoms with van der Waals surface area (Å²) in [4.78, 5) is 12.0. The van der Waals surface area contributed by atoms with E-state index in [4.69, 9.17) is 4.74 Å². The van der Waals surface area contributed by atoms with Crippen molar-refractivity contribution in [3.05, 3.63) is 28.7 Å². The van der Waals surface area contributed by atoms with Crippen LogP contribution in [0.3, 0.4) is 0 Å². The van der Waals surface area contributed by atoms with E-state index >= 15 is 0 Å². The molecule has 0 radical (unpaired) electrons. The lowest BCUT2D eigenvalue weighted by Gasteiger charge is -2.28. The lowest BCUT2D eigenvalue weighted by atomic mass is 9.88. The van der Waals surface area contributed by atoms with Crippen molar-refractivity contribution in [2.75, 3.05) is 20.7 Å². The summed E-state index contributed by atoms with van der Waals surface area (Å²) in [6.07, 6.45) is 6.32. The standard InChI is InChI=1S/C16H26N2O4S/c1-13-6-4-5-7-15(13)22-11-10-18-12-14(8-9-16(18)19)23(20,21)17(2)3/h8-9,12-13,15H,4-7,10-11H2,1-3H3/t13-,15+/m1/s1. The van der Waals surface area contributed by atoms with Gasteiger partial charge < -0.3 is 9.30 Å². The van der Waals surface area contributed by atoms with Crippen molar-refractivity contribution in [2.45, 2.75) is 50.2 Å². The van der Waals surface area contributed by atoms with Crippen molar-refractivity contribution >= 4 is 10.0 Å². The highest BCUT2D eigenvalue weighted by molar-refractivity contribution is 7.89. The van der Waals surface area contributed by atoms with Crippen molar-refractivity contribution in [1.29, 1.82) is 0 Å². The second kappa shape index (κ2) is 7.59. The molecule has 1 saturated carbocycles. The van der Waals surface area contributed by atoms with Gasteiger partial charge in [-0.05, 0) is 24.8 Å². The van der Waals surface area contributed by atoms with Gasteiger partial charge in [0.15, 0.2) is 0 Å². The molecule has 7 heteroatoms. The molecule has 2 rings (SSSR count). The maximum atomic E-state index is 12.1. The van der Waals surface area contributed by atoms with Gasteiger partial charge in [-0.1, -0.05) is 19.8 Å². The molecule has 0 aromatic carbocycles. The lowest BCUT2D eigenvalue weighted by Crippen LogP contribution is -2.29. The van der Waals surface area contributed by atoms with Crippen LogP contribution < -0.4 is 5.56 Å². The summed E-state index contributed by atoms with van der Waals surface area (Å²) in [5.74, 6) is 0.543. The van der Waals surface area contributed by atoms with Crippen LogP contribution in [-0.4, -0.2) is 44.1 Å². The fraction of sp³-hybridized carbons (Fsp3) is 0.688. The normalized spacial score (nSPS) is 22.4. The summed E-state index contributed by atoms with van der Waals surface area (Å²) in [5.41, 5.74) is -0.219. The van der Waals surface area contributed by atoms with Gasteiger partial charge >= 0.3 is 0 Å². The van der Waals surface area contributed by atoms with Crippen molar-refractivity contribution in [2.24, 2.45) is 5.92 Å². The summed E-state index contributed by atoms with van der Waals surface area (Å²) in [6, 6.07) is 2.64. The number of ether oxygens (including phenoxy) is 1. The molecule has 0 bridgehead atoms. The summed E-state index contributed by atoms with van der Waals surface area (Å²) in [5, 5.41) is 0. The van der Waals surface area contributed by atoms with Crippen LogP contribution in [0.1, 0.15) is 32.6 Å². The molecule has 1 fully saturated rings. The van der Waals surface area contributed by atoms with Gasteiger partial charge in [0.05, 0.1) is 17.6 Å². The maximum Gasteiger partial charge on any atom is 0.250 e. The Labute approximate surface area is 138 Å². The second-order valence-corrected chi connectivity index (χ2v) is 8.51. The lowest BCUT2D eigenvalue weighted by molar-refractivity contribution is -0.00868. The summed E-state index contributed by atoms with van der Waals surface area (Å²) >= 11 is 0. The quantitative estimate of drug-likeness (QED) is 0.789. The third-order valence-corrected chi connectivity index (χ3v) is 6.23. The van der Waals surface area contributed by atoms with E-state index in [1.54, 1.807) is 0 Å². The van der Waals surface area contributed by atoms with Gasteiger partial charge in [0.2, 0.25) is 10.0 Å². The topological polar surface area (TPSA) is 68.6 Å². The Bertz CT molecular complexity index is 682. The SMILES string of the molecule is C[C@@H]1CCCC[C@@H]1OCCn1cc(S(=O)(=O)N(C)C)ccc1=O. The van der Waals surface area contributed by atoms with Crippen LogP contribution in [0.15, 0.2) is 28.0 Å². The molecule has 1 heterocycles. The maximum absolute atomic E-state index is 12.1. The zero-order chi connectivity index (χ0) is 17.0. The minimum absolute atomic E-state index is 0.119. The number of sulfonamides is 1. The zero-order valence-electron chi connectivity index (χ0n) is 14.1. The van der Waals surface area contributed by atoms with Gasteiger partial charge in [0.25, 0.3) is 5.56 Å². The molecule has 6 nitrogen and oxygen atoms in total. The van der Waals surface area contributed by atoms with Gasteiger partial charge in [-0.3, -0.25) is 4.79 Å². The molecule has 1 aliphatic carbocycles. The van der Waals surface area contributed by atoms with E-state index in [2.05, 4.69) is 6.92 Å². The first kappa shape index (κ1) is 18.2. The minimum atomic E-state index is -3.54. The van der Waals surface area contributed by atoms with Gasteiger partial charge in [-0.25, -0.2) is 12.7 Å². The molecule has 0 amide bonds. The Balaban J connectivity index is 2.04. The average Bonchev–Trinajstić information content (AvgIpc) is 2.50. The summed E-state index contributed by atoms with van der Waals surface area (Å²) in [6.45, 7) is 2.97. The van der Waals surface area contributed by atoms with Crippen LogP contribution in [0, 0.1) is 5.92 Å². The Morgan fingerprint density at radius 1 is 1.26 bits per heavy atom. The Morgan fingerprint density at radius 2 is 1.96 bits per heavy atom. The van der Waals surface area contributed by atoms with Crippen molar-refractivity contribution in [3.63, 3.8) is 0 Å². The van der Waals surface area contributed by atoms with Crippen LogP contribution in [-0.2, 0) is 21.3 Å². The van der Waals surface area contributed by atoms with E-state index in [0.717, 1.165) is 10.7 Å². The van der Waals surface area contributed by atoms with E-state index in [1.165, 1.54) is 56.3 Å². The molecule has 0 spiro atoms. The summed E-state index contributed by atoms with van der Waals surface area (Å²) < 4.78 is 32.7. The minimum Gasteiger partial charge on any atom is -0.376 e. The Kier molecular flexibility index (Phi) is 6.00. The third-order valence-electron chi connectivity index (χ3n) is 4.43. The monoisotopic (exact) mass is 342 g/mol. The molecule has 1 aromatic heterocycles. The number of hydrogen-bond donors (Lipinski definition) is 0. The highest BCUT2D eigenvalue weighted by Crippen LogP contribution is 2.26. The molecule has 2 atom stereocenters. The number of rotatable bonds is 6. The highest BCUT2D eigenvalue weighted by Gasteiger charge is 2.22. The van der Waals surface area contributed by atoms with E-state index in [9.17, 15) is 13.2 Å². The molecule has 1 aliphatic rings. The van der Waals surface area contributed by atoms with E-state index < -0.39 is 10.0 Å². The van der Waals surface area contributed by atoms with E-state index in [-0.39, 0.29) is 16.6 Å². The summed E-state index contributed by atoms with van der Waals surface area (Å²) in [7, 11) is -0.596. The molecule has 0 N–H and O–H groups in total. The van der Waals surface area contributed by atoms with Gasteiger partial charge in [0, 0.05) is 32.9 Å². The fourth-order valence-corrected chi connectivity index (χ4v) is 3.80. The average molecular weight is 342 g/mol. The van der Waals surface area contributed by atoms with Crippen LogP contribution in [0.5, 0.6) is 0 Å². The van der Waals surface area contributed by atoms with Crippen molar-refractivity contribution < 1.29 is 13.2 Å². The molecular formula is C16H26N2O4S. The number of nitrogens with zero attached hydrogens (tertiary/aromatic N) is 2. The van der Waals surface area contributed by atoms with Crippen molar-refractivity contribution in [3.8, 4) is 0 Å². The number of aromatic nitrogens is 1. The smallest absolute Gasteiger partial charge is 0.250 e. The first-order valence-corrected chi connectivity index (χ1v) is 9.51. The van der Waals surface area contributed by atoms with Gasteiger partial charge in [-0.15, -0.1) is 0 Å². The first-order valence-electron chi connectivity index (χ1n) is 8.07. The van der Waals surface area contributed by atoms with E-state index in [1.807, 2.05) is 0 Å². The third kappa shape index (κ3) is 4.43. The van der Waals surface area contributed by atoms with Crippen LogP contribution >= 0.6 is 0 Å². The molecule has 130 valence electrons. The Morgan fingerprint density at radius 3 is 2.61 bits per heavy atom. The van der Waals surface area contributed by atoms with Gasteiger partial charge in [-0.2, -0.15) is 0 Å². The van der Waals surface area contributed by atoms with Crippen LogP contribution in [0.2, 0.25) is 0 Å². The second-order valence-electron chi connectivity index (χ2n) is 6.35. The first-order chi connectivity index (χ1) is 10.8. The zero-order valence-corrected chi connectivity index (χ0v) is 14.9. The predicted octanol–water partition coefficient (Wildman–Crippen LogP) is 1.69. The largest absolute Gasteiger partial charge is 0.376 e. The molecule has 23 heavy (non-hydrogen) atoms. The van der Waals surface area contributed by atoms with Crippen molar-refractivity contribution in [1.82, 2.24) is 8.87 Å². The fourth-order valence-electron chi connectivity index (χ4n) is 2.88. The van der Waals surface area contributed by atoms with Crippen LogP contribution in [0.4, 0.5) is 0 Å². The Hall–Kier alpha value is -1.18. The molecule has 0 aliphatic heterocycles. The predicted molar refractivity (Wildman–Crippen MR) is 88.9 cm³/mol. The molecule has 1 aromatic rings. The molecule has 0 saturated heterocycles. The molecule has 0 unspecified atom stereocenters. The van der Waals surface area contributed by atoms with Crippen LogP contribution in [0.25, 0.3) is 0 Å². The van der Waals surface area contributed by atoms with E-state index in [0.29, 0.717) is 19.1 Å². The highest BCUT2D eigenvalue weighted by atomic mass is 32.2. The molecular weight excluding hydrogens is 316 g/mol. The number of hydrogen-bond acceptors (Lipinski definition) is 4.